The zero-order valence-corrected chi connectivity index (χ0v) is 14.8. The largest absolute Gasteiger partial charge is 0.508 e. The summed E-state index contributed by atoms with van der Waals surface area (Å²) >= 11 is 0. The lowest BCUT2D eigenvalue weighted by Gasteiger charge is -2.14. The molecule has 0 bridgehead atoms. The zero-order chi connectivity index (χ0) is 18.8. The van der Waals surface area contributed by atoms with Gasteiger partial charge in [0.25, 0.3) is 0 Å². The minimum Gasteiger partial charge on any atom is -0.508 e. The molecule has 0 aliphatic rings. The summed E-state index contributed by atoms with van der Waals surface area (Å²) in [5, 5.41) is 30.7. The fourth-order valence-electron chi connectivity index (χ4n) is 3.17. The Labute approximate surface area is 152 Å². The molecule has 3 rings (SSSR count). The van der Waals surface area contributed by atoms with Crippen LogP contribution in [-0.2, 0) is 12.8 Å². The van der Waals surface area contributed by atoms with E-state index in [2.05, 4.69) is 0 Å². The number of phenols is 3. The maximum absolute atomic E-state index is 13.5. The van der Waals surface area contributed by atoms with E-state index in [1.54, 1.807) is 6.07 Å². The van der Waals surface area contributed by atoms with Gasteiger partial charge in [-0.2, -0.15) is 0 Å². The van der Waals surface area contributed by atoms with Crippen LogP contribution in [0.5, 0.6) is 17.2 Å². The van der Waals surface area contributed by atoms with Crippen molar-refractivity contribution in [2.24, 2.45) is 0 Å². The molecule has 3 nitrogen and oxygen atoms in total. The average Bonchev–Trinajstić information content (AvgIpc) is 2.58. The number of hydrogen-bond donors (Lipinski definition) is 3. The summed E-state index contributed by atoms with van der Waals surface area (Å²) in [5.74, 6) is -0.166. The van der Waals surface area contributed by atoms with Gasteiger partial charge in [0.05, 0.1) is 0 Å². The molecule has 0 fully saturated rings. The molecule has 0 saturated heterocycles. The van der Waals surface area contributed by atoms with Crippen LogP contribution in [0.15, 0.2) is 48.5 Å². The third-order valence-corrected chi connectivity index (χ3v) is 4.45. The molecule has 0 unspecified atom stereocenters. The van der Waals surface area contributed by atoms with Crippen LogP contribution in [-0.4, -0.2) is 15.3 Å². The van der Waals surface area contributed by atoms with Gasteiger partial charge in [-0.15, -0.1) is 0 Å². The molecule has 0 aliphatic carbocycles. The second kappa shape index (κ2) is 7.08. The lowest BCUT2D eigenvalue weighted by molar-refractivity contribution is 0.456. The summed E-state index contributed by atoms with van der Waals surface area (Å²) in [6, 6.07) is 12.8. The molecule has 0 heterocycles. The van der Waals surface area contributed by atoms with Crippen LogP contribution in [0.3, 0.4) is 0 Å². The number of rotatable bonds is 4. The Bertz CT molecular complexity index is 889. The fourth-order valence-corrected chi connectivity index (χ4v) is 3.17. The third kappa shape index (κ3) is 3.80. The quantitative estimate of drug-likeness (QED) is 0.635. The molecule has 3 aromatic rings. The lowest BCUT2D eigenvalue weighted by Crippen LogP contribution is -1.97. The van der Waals surface area contributed by atoms with Crippen LogP contribution in [0.2, 0.25) is 0 Å². The van der Waals surface area contributed by atoms with Gasteiger partial charge in [-0.05, 0) is 54.8 Å². The van der Waals surface area contributed by atoms with Crippen LogP contribution >= 0.6 is 0 Å². The molecule has 3 aromatic carbocycles. The van der Waals surface area contributed by atoms with Crippen LogP contribution in [0, 0.1) is 19.7 Å². The predicted molar refractivity (Wildman–Crippen MR) is 99.4 cm³/mol. The van der Waals surface area contributed by atoms with Gasteiger partial charge < -0.3 is 15.3 Å². The normalized spacial score (nSPS) is 10.9. The number of aromatic hydroxyl groups is 3. The van der Waals surface area contributed by atoms with Crippen molar-refractivity contribution >= 4 is 0 Å². The van der Waals surface area contributed by atoms with Crippen LogP contribution < -0.4 is 0 Å². The fraction of sp³-hybridized carbons (Fsp3) is 0.182. The van der Waals surface area contributed by atoms with E-state index < -0.39 is 5.82 Å². The maximum atomic E-state index is 13.5. The van der Waals surface area contributed by atoms with Crippen molar-refractivity contribution in [1.82, 2.24) is 0 Å². The molecule has 26 heavy (non-hydrogen) atoms. The molecule has 134 valence electrons. The Morgan fingerprint density at radius 2 is 1.15 bits per heavy atom. The number of halogens is 1. The molecule has 3 N–H and O–H groups in total. The highest BCUT2D eigenvalue weighted by Crippen LogP contribution is 2.32. The van der Waals surface area contributed by atoms with Gasteiger partial charge in [0.1, 0.15) is 23.1 Å². The Hall–Kier alpha value is -3.01. The van der Waals surface area contributed by atoms with Crippen molar-refractivity contribution in [3.8, 4) is 17.2 Å². The summed E-state index contributed by atoms with van der Waals surface area (Å²) in [4.78, 5) is 0. The van der Waals surface area contributed by atoms with E-state index in [1.165, 1.54) is 18.2 Å². The van der Waals surface area contributed by atoms with Crippen molar-refractivity contribution in [2.45, 2.75) is 26.7 Å². The van der Waals surface area contributed by atoms with Crippen LogP contribution in [0.1, 0.15) is 33.4 Å². The summed E-state index contributed by atoms with van der Waals surface area (Å²) in [7, 11) is 0. The predicted octanol–water partition coefficient (Wildman–Crippen LogP) is 4.74. The van der Waals surface area contributed by atoms with Crippen molar-refractivity contribution in [2.75, 3.05) is 0 Å². The van der Waals surface area contributed by atoms with Gasteiger partial charge in [0, 0.05) is 18.4 Å². The molecular weight excluding hydrogens is 331 g/mol. The van der Waals surface area contributed by atoms with Gasteiger partial charge in [0.2, 0.25) is 0 Å². The maximum Gasteiger partial charge on any atom is 0.123 e. The van der Waals surface area contributed by atoms with Crippen molar-refractivity contribution in [3.05, 3.63) is 87.7 Å². The van der Waals surface area contributed by atoms with E-state index in [9.17, 15) is 19.7 Å². The molecule has 4 heteroatoms. The Morgan fingerprint density at radius 3 is 1.77 bits per heavy atom. The number of hydrogen-bond acceptors (Lipinski definition) is 3. The highest BCUT2D eigenvalue weighted by Gasteiger charge is 2.14. The van der Waals surface area contributed by atoms with Gasteiger partial charge in [-0.1, -0.05) is 35.4 Å². The summed E-state index contributed by atoms with van der Waals surface area (Å²) < 4.78 is 13.5. The first-order chi connectivity index (χ1) is 12.3. The molecular formula is C22H21FO3. The number of benzene rings is 3. The second-order valence-corrected chi connectivity index (χ2v) is 6.69. The van der Waals surface area contributed by atoms with Gasteiger partial charge >= 0.3 is 0 Å². The molecule has 0 atom stereocenters. The average molecular weight is 352 g/mol. The van der Waals surface area contributed by atoms with Gasteiger partial charge in [-0.25, -0.2) is 4.39 Å². The van der Waals surface area contributed by atoms with E-state index >= 15 is 0 Å². The lowest BCUT2D eigenvalue weighted by atomic mass is 9.94. The minimum atomic E-state index is -0.435. The Balaban J connectivity index is 1.98. The SMILES string of the molecule is Cc1ccc(O)c(Cc2cc(C)cc(Cc3cc(F)ccc3O)c2O)c1. The first-order valence-corrected chi connectivity index (χ1v) is 8.40. The van der Waals surface area contributed by atoms with Crippen molar-refractivity contribution in [3.63, 3.8) is 0 Å². The second-order valence-electron chi connectivity index (χ2n) is 6.69. The first-order valence-electron chi connectivity index (χ1n) is 8.40. The summed E-state index contributed by atoms with van der Waals surface area (Å²) in [5.41, 5.74) is 4.39. The third-order valence-electron chi connectivity index (χ3n) is 4.45. The van der Waals surface area contributed by atoms with E-state index in [4.69, 9.17) is 0 Å². The highest BCUT2D eigenvalue weighted by atomic mass is 19.1. The molecule has 0 saturated carbocycles. The molecule has 0 amide bonds. The monoisotopic (exact) mass is 352 g/mol. The summed E-state index contributed by atoms with van der Waals surface area (Å²) in [6.45, 7) is 3.85. The standard InChI is InChI=1S/C22H21FO3/c1-13-3-5-20(24)15(7-13)10-17-8-14(2)9-18(22(17)26)11-16-12-19(23)4-6-21(16)25/h3-9,12,24-26H,10-11H2,1-2H3. The molecule has 0 aliphatic heterocycles. The topological polar surface area (TPSA) is 60.7 Å². The number of aryl methyl sites for hydroxylation is 2. The Morgan fingerprint density at radius 1 is 0.654 bits per heavy atom. The van der Waals surface area contributed by atoms with Gasteiger partial charge in [0.15, 0.2) is 0 Å². The van der Waals surface area contributed by atoms with E-state index in [0.29, 0.717) is 23.1 Å². The van der Waals surface area contributed by atoms with Crippen LogP contribution in [0.25, 0.3) is 0 Å². The van der Waals surface area contributed by atoms with Crippen LogP contribution in [0.4, 0.5) is 4.39 Å². The summed E-state index contributed by atoms with van der Waals surface area (Å²) in [6.07, 6.45) is 0.590. The minimum absolute atomic E-state index is 0.00909. The molecule has 0 radical (unpaired) electrons. The molecule has 0 spiro atoms. The zero-order valence-electron chi connectivity index (χ0n) is 14.8. The smallest absolute Gasteiger partial charge is 0.123 e. The van der Waals surface area contributed by atoms with E-state index in [0.717, 1.165) is 16.7 Å². The van der Waals surface area contributed by atoms with E-state index in [1.807, 2.05) is 38.1 Å². The van der Waals surface area contributed by atoms with Crippen molar-refractivity contribution in [1.29, 1.82) is 0 Å². The molecule has 0 aromatic heterocycles. The highest BCUT2D eigenvalue weighted by molar-refractivity contribution is 5.50. The van der Waals surface area contributed by atoms with Gasteiger partial charge in [-0.3, -0.25) is 0 Å². The first kappa shape index (κ1) is 17.8. The van der Waals surface area contributed by atoms with E-state index in [-0.39, 0.29) is 23.7 Å². The number of phenolic OH excluding ortho intramolecular Hbond substituents is 3. The Kier molecular flexibility index (Phi) is 4.85. The van der Waals surface area contributed by atoms with Crippen molar-refractivity contribution < 1.29 is 19.7 Å².